The molecule has 1 aliphatic rings. The van der Waals surface area contributed by atoms with E-state index in [4.69, 9.17) is 4.99 Å². The highest BCUT2D eigenvalue weighted by Gasteiger charge is 2.30. The highest BCUT2D eigenvalue weighted by Crippen LogP contribution is 2.27. The van der Waals surface area contributed by atoms with Gasteiger partial charge in [0, 0.05) is 31.0 Å². The predicted octanol–water partition coefficient (Wildman–Crippen LogP) is 2.64. The van der Waals surface area contributed by atoms with Crippen LogP contribution in [0.3, 0.4) is 0 Å². The molecule has 0 radical (unpaired) electrons. The van der Waals surface area contributed by atoms with Crippen molar-refractivity contribution >= 4 is 40.8 Å². The zero-order valence-corrected chi connectivity index (χ0v) is 21.5. The molecule has 1 atom stereocenters. The number of fused-ring (bicyclic) bond motifs is 1. The lowest BCUT2D eigenvalue weighted by atomic mass is 10.0. The lowest BCUT2D eigenvalue weighted by Gasteiger charge is -2.20. The fourth-order valence-corrected chi connectivity index (χ4v) is 5.07. The number of hydrogen-bond acceptors (Lipinski definition) is 5. The van der Waals surface area contributed by atoms with E-state index in [9.17, 15) is 14.4 Å². The Morgan fingerprint density at radius 3 is 2.50 bits per heavy atom. The number of amides is 2. The Kier molecular flexibility index (Phi) is 8.00. The van der Waals surface area contributed by atoms with Gasteiger partial charge in [0.15, 0.2) is 0 Å². The number of Topliss-reactive ketones (excluding diaryl/α,β-unsaturated/α-hetero) is 1. The molecule has 1 aromatic heterocycles. The molecule has 2 heterocycles. The van der Waals surface area contributed by atoms with Gasteiger partial charge >= 0.3 is 5.16 Å². The molecule has 9 heteroatoms. The maximum atomic E-state index is 13.2. The summed E-state index contributed by atoms with van der Waals surface area (Å²) in [7, 11) is 5.56. The largest absolute Gasteiger partial charge is 0.327 e. The van der Waals surface area contributed by atoms with E-state index in [-0.39, 0.29) is 24.0 Å². The van der Waals surface area contributed by atoms with E-state index in [0.29, 0.717) is 24.3 Å². The van der Waals surface area contributed by atoms with Gasteiger partial charge in [0.2, 0.25) is 12.1 Å². The van der Waals surface area contributed by atoms with Crippen LogP contribution in [0.2, 0.25) is 0 Å². The average molecular weight is 505 g/mol. The minimum atomic E-state index is -1.05. The molecular weight excluding hydrogens is 474 g/mol. The highest BCUT2D eigenvalue weighted by atomic mass is 32.2. The number of likely N-dealkylation sites (N-methyl/N-ethyl adjacent to an activating group) is 1. The van der Waals surface area contributed by atoms with Crippen molar-refractivity contribution in [2.24, 2.45) is 19.1 Å². The highest BCUT2D eigenvalue weighted by molar-refractivity contribution is 7.99. The van der Waals surface area contributed by atoms with Crippen molar-refractivity contribution in [2.75, 3.05) is 17.7 Å². The van der Waals surface area contributed by atoms with Gasteiger partial charge < -0.3 is 10.2 Å². The summed E-state index contributed by atoms with van der Waals surface area (Å²) in [4.78, 5) is 44.5. The molecule has 4 rings (SSSR count). The molecule has 0 fully saturated rings. The fourth-order valence-electron chi connectivity index (χ4n) is 4.11. The zero-order chi connectivity index (χ0) is 25.7. The van der Waals surface area contributed by atoms with E-state index in [1.807, 2.05) is 90.2 Å². The standard InChI is InChI=1S/C27H29N5O3S/c1-30-16-17-31(2)27(30)36-18-20(33)12-9-15-23(34)28-25-26(35)32(3)22-14-8-7-13-21(22)24(29-25)19-10-5-4-6-11-19/h4-8,10-11,13-14,16-17,25H,9,12,15,18H2,1-3H3/p+1. The molecule has 186 valence electrons. The first-order valence-electron chi connectivity index (χ1n) is 11.8. The number of aryl methyl sites for hydroxylation is 2. The number of carbonyl (C=O) groups excluding carboxylic acids is 3. The number of thioether (sulfide) groups is 1. The Bertz CT molecular complexity index is 1280. The van der Waals surface area contributed by atoms with Crippen LogP contribution in [0.5, 0.6) is 0 Å². The number of hydrogen-bond donors (Lipinski definition) is 1. The molecule has 1 unspecified atom stereocenters. The number of ketones is 1. The molecule has 0 saturated carbocycles. The topological polar surface area (TPSA) is 87.6 Å². The van der Waals surface area contributed by atoms with Gasteiger partial charge in [0.05, 0.1) is 31.2 Å². The Balaban J connectivity index is 1.39. The Morgan fingerprint density at radius 1 is 1.06 bits per heavy atom. The van der Waals surface area contributed by atoms with E-state index in [2.05, 4.69) is 5.32 Å². The molecule has 1 aliphatic heterocycles. The fraction of sp³-hybridized carbons (Fsp3) is 0.296. The van der Waals surface area contributed by atoms with Crippen molar-refractivity contribution in [3.63, 3.8) is 0 Å². The summed E-state index contributed by atoms with van der Waals surface area (Å²) in [5.74, 6) is -0.190. The molecule has 2 aromatic carbocycles. The van der Waals surface area contributed by atoms with Crippen molar-refractivity contribution in [1.82, 2.24) is 9.88 Å². The van der Waals surface area contributed by atoms with Gasteiger partial charge in [-0.1, -0.05) is 48.5 Å². The summed E-state index contributed by atoms with van der Waals surface area (Å²) in [6.07, 6.45) is 3.69. The predicted molar refractivity (Wildman–Crippen MR) is 140 cm³/mol. The smallest absolute Gasteiger partial charge is 0.317 e. The van der Waals surface area contributed by atoms with Crippen LogP contribution in [0, 0.1) is 0 Å². The van der Waals surface area contributed by atoms with Crippen molar-refractivity contribution in [3.8, 4) is 0 Å². The van der Waals surface area contributed by atoms with E-state index in [1.54, 1.807) is 7.05 Å². The van der Waals surface area contributed by atoms with Gasteiger partial charge in [-0.2, -0.15) is 0 Å². The SMILES string of the molecule is CN1C(=O)C(NC(=O)CCCC(=O)CSc2n(C)cc[n+]2C)N=C(c2ccccc2)c2ccccc21. The lowest BCUT2D eigenvalue weighted by molar-refractivity contribution is -0.709. The molecule has 36 heavy (non-hydrogen) atoms. The second kappa shape index (κ2) is 11.3. The number of aromatic nitrogens is 2. The maximum absolute atomic E-state index is 13.2. The second-order valence-electron chi connectivity index (χ2n) is 8.71. The van der Waals surface area contributed by atoms with Gasteiger partial charge in [0.1, 0.15) is 18.2 Å². The van der Waals surface area contributed by atoms with Crippen molar-refractivity contribution < 1.29 is 19.0 Å². The number of nitrogens with one attached hydrogen (secondary N) is 1. The summed E-state index contributed by atoms with van der Waals surface area (Å²) in [5.41, 5.74) is 3.07. The minimum Gasteiger partial charge on any atom is -0.327 e. The number of imidazole rings is 1. The molecular formula is C27H30N5O3S+. The summed E-state index contributed by atoms with van der Waals surface area (Å²) < 4.78 is 3.93. The van der Waals surface area contributed by atoms with Crippen molar-refractivity contribution in [1.29, 1.82) is 0 Å². The third-order valence-electron chi connectivity index (χ3n) is 6.03. The number of benzodiazepines with no additional fused rings is 1. The van der Waals surface area contributed by atoms with Gasteiger partial charge in [-0.05, 0) is 24.2 Å². The Labute approximate surface area is 215 Å². The van der Waals surface area contributed by atoms with Crippen molar-refractivity contribution in [2.45, 2.75) is 30.6 Å². The van der Waals surface area contributed by atoms with Crippen LogP contribution in [-0.2, 0) is 28.5 Å². The molecule has 3 aromatic rings. The summed E-state index contributed by atoms with van der Waals surface area (Å²) in [6, 6.07) is 17.2. The number of nitrogens with zero attached hydrogens (tertiary/aromatic N) is 4. The van der Waals surface area contributed by atoms with Gasteiger partial charge in [-0.3, -0.25) is 14.4 Å². The average Bonchev–Trinajstić information content (AvgIpc) is 3.16. The first-order chi connectivity index (χ1) is 17.3. The normalized spacial score (nSPS) is 15.2. The number of anilines is 1. The molecule has 0 saturated heterocycles. The molecule has 0 aliphatic carbocycles. The molecule has 0 bridgehead atoms. The zero-order valence-electron chi connectivity index (χ0n) is 20.7. The number of aliphatic imine (C=N–C) groups is 1. The minimum absolute atomic E-state index is 0.0825. The van der Waals surface area contributed by atoms with E-state index in [0.717, 1.165) is 22.0 Å². The van der Waals surface area contributed by atoms with E-state index in [1.165, 1.54) is 16.7 Å². The second-order valence-corrected chi connectivity index (χ2v) is 9.65. The summed E-state index contributed by atoms with van der Waals surface area (Å²) >= 11 is 1.48. The monoisotopic (exact) mass is 504 g/mol. The van der Waals surface area contributed by atoms with Crippen LogP contribution >= 0.6 is 11.8 Å². The molecule has 8 nitrogen and oxygen atoms in total. The van der Waals surface area contributed by atoms with E-state index < -0.39 is 6.17 Å². The molecule has 2 amide bonds. The molecule has 0 spiro atoms. The Morgan fingerprint density at radius 2 is 1.78 bits per heavy atom. The van der Waals surface area contributed by atoms with Crippen molar-refractivity contribution in [3.05, 3.63) is 78.1 Å². The Hall–Kier alpha value is -3.72. The van der Waals surface area contributed by atoms with Crippen LogP contribution in [0.15, 0.2) is 77.1 Å². The number of carbonyl (C=O) groups is 3. The van der Waals surface area contributed by atoms with Crippen LogP contribution in [-0.4, -0.2) is 46.8 Å². The summed E-state index contributed by atoms with van der Waals surface area (Å²) in [6.45, 7) is 0. The number of benzene rings is 2. The van der Waals surface area contributed by atoms with Gasteiger partial charge in [-0.15, -0.1) is 0 Å². The third-order valence-corrected chi connectivity index (χ3v) is 7.33. The van der Waals surface area contributed by atoms with Crippen LogP contribution in [0.4, 0.5) is 5.69 Å². The van der Waals surface area contributed by atoms with Crippen LogP contribution in [0.25, 0.3) is 0 Å². The van der Waals surface area contributed by atoms with Gasteiger partial charge in [-0.25, -0.2) is 14.1 Å². The number of para-hydroxylation sites is 1. The first kappa shape index (κ1) is 25.4. The first-order valence-corrected chi connectivity index (χ1v) is 12.8. The molecule has 1 N–H and O–H groups in total. The maximum Gasteiger partial charge on any atom is 0.317 e. The van der Waals surface area contributed by atoms with Crippen LogP contribution in [0.1, 0.15) is 30.4 Å². The number of rotatable bonds is 9. The van der Waals surface area contributed by atoms with E-state index >= 15 is 0 Å². The lowest BCUT2D eigenvalue weighted by Crippen LogP contribution is -2.46. The van der Waals surface area contributed by atoms with Gasteiger partial charge in [0.25, 0.3) is 5.91 Å². The quantitative estimate of drug-likeness (QED) is 0.359. The third kappa shape index (κ3) is 5.73. The van der Waals surface area contributed by atoms with Crippen LogP contribution < -0.4 is 14.8 Å². The summed E-state index contributed by atoms with van der Waals surface area (Å²) in [5, 5.41) is 3.77.